The Balaban J connectivity index is 1.64. The van der Waals surface area contributed by atoms with Crippen LogP contribution < -0.4 is 19.0 Å². The van der Waals surface area contributed by atoms with E-state index in [1.165, 1.54) is 11.3 Å². The quantitative estimate of drug-likeness (QED) is 0.708. The van der Waals surface area contributed by atoms with E-state index < -0.39 is 0 Å². The van der Waals surface area contributed by atoms with Gasteiger partial charge in [-0.15, -0.1) is 0 Å². The molecule has 1 amide bonds. The number of ether oxygens (including phenoxy) is 3. The van der Waals surface area contributed by atoms with Crippen molar-refractivity contribution in [3.05, 3.63) is 46.8 Å². The molecule has 134 valence electrons. The highest BCUT2D eigenvalue weighted by atomic mass is 32.1. The maximum Gasteiger partial charge on any atom is 0.252 e. The van der Waals surface area contributed by atoms with Crippen LogP contribution in [0, 0.1) is 0 Å². The number of aromatic nitrogens is 1. The Labute approximate surface area is 154 Å². The van der Waals surface area contributed by atoms with Crippen molar-refractivity contribution in [3.63, 3.8) is 0 Å². The first-order chi connectivity index (χ1) is 12.7. The molecule has 0 radical (unpaired) electrons. The van der Waals surface area contributed by atoms with E-state index in [4.69, 9.17) is 14.2 Å². The molecule has 2 heterocycles. The van der Waals surface area contributed by atoms with Gasteiger partial charge in [0, 0.05) is 7.05 Å². The van der Waals surface area contributed by atoms with Crippen molar-refractivity contribution in [2.24, 2.45) is 12.0 Å². The summed E-state index contributed by atoms with van der Waals surface area (Å²) in [6, 6.07) is 11.4. The summed E-state index contributed by atoms with van der Waals surface area (Å²) in [6.45, 7) is 2.76. The maximum atomic E-state index is 12.4. The minimum Gasteiger partial charge on any atom is -0.492 e. The number of benzene rings is 2. The molecular formula is C19H18N2O4S. The Kier molecular flexibility index (Phi) is 4.38. The molecule has 1 aromatic heterocycles. The van der Waals surface area contributed by atoms with Gasteiger partial charge in [-0.1, -0.05) is 23.5 Å². The van der Waals surface area contributed by atoms with Crippen molar-refractivity contribution >= 4 is 27.5 Å². The predicted molar refractivity (Wildman–Crippen MR) is 98.8 cm³/mol. The van der Waals surface area contributed by atoms with Crippen molar-refractivity contribution in [1.82, 2.24) is 4.57 Å². The zero-order valence-electron chi connectivity index (χ0n) is 14.5. The molecule has 2 aromatic carbocycles. The highest BCUT2D eigenvalue weighted by molar-refractivity contribution is 7.16. The smallest absolute Gasteiger partial charge is 0.252 e. The second kappa shape index (κ2) is 6.84. The first-order valence-corrected chi connectivity index (χ1v) is 9.15. The Morgan fingerprint density at radius 3 is 2.96 bits per heavy atom. The van der Waals surface area contributed by atoms with Crippen LogP contribution in [0.25, 0.3) is 10.2 Å². The molecule has 0 unspecified atom stereocenters. The summed E-state index contributed by atoms with van der Waals surface area (Å²) in [5, 5.41) is 0. The Bertz CT molecular complexity index is 1050. The van der Waals surface area contributed by atoms with Crippen LogP contribution >= 0.6 is 11.3 Å². The van der Waals surface area contributed by atoms with Crippen LogP contribution in [0.15, 0.2) is 41.4 Å². The number of thiazole rings is 1. The molecule has 1 aliphatic rings. The fourth-order valence-electron chi connectivity index (χ4n) is 2.92. The van der Waals surface area contributed by atoms with Gasteiger partial charge in [-0.2, -0.15) is 4.99 Å². The molecule has 0 atom stereocenters. The fourth-order valence-corrected chi connectivity index (χ4v) is 3.97. The van der Waals surface area contributed by atoms with E-state index in [2.05, 4.69) is 4.99 Å². The number of hydrogen-bond donors (Lipinski definition) is 0. The SMILES string of the molecule is CCOc1cccc2sc(=NC(=O)Cc3ccc4c(c3)OCO4)n(C)c12. The van der Waals surface area contributed by atoms with Crippen LogP contribution in [0.4, 0.5) is 0 Å². The number of nitrogens with zero attached hydrogens (tertiary/aromatic N) is 2. The van der Waals surface area contributed by atoms with Gasteiger partial charge in [0.15, 0.2) is 16.3 Å². The Hall–Kier alpha value is -2.80. The summed E-state index contributed by atoms with van der Waals surface area (Å²) >= 11 is 1.47. The van der Waals surface area contributed by atoms with Crippen LogP contribution in [0.2, 0.25) is 0 Å². The lowest BCUT2D eigenvalue weighted by Crippen LogP contribution is -2.14. The number of carbonyl (C=O) groups is 1. The second-order valence-electron chi connectivity index (χ2n) is 5.85. The van der Waals surface area contributed by atoms with Gasteiger partial charge in [0.2, 0.25) is 6.79 Å². The molecule has 26 heavy (non-hydrogen) atoms. The van der Waals surface area contributed by atoms with E-state index in [0.29, 0.717) is 22.9 Å². The second-order valence-corrected chi connectivity index (χ2v) is 6.86. The van der Waals surface area contributed by atoms with Gasteiger partial charge < -0.3 is 18.8 Å². The molecule has 6 nitrogen and oxygen atoms in total. The Morgan fingerprint density at radius 2 is 2.12 bits per heavy atom. The van der Waals surface area contributed by atoms with E-state index in [1.807, 2.05) is 54.9 Å². The van der Waals surface area contributed by atoms with Crippen molar-refractivity contribution in [2.45, 2.75) is 13.3 Å². The standard InChI is InChI=1S/C19H18N2O4S/c1-3-23-14-5-4-6-16-18(14)21(2)19(26-16)20-17(22)10-12-7-8-13-15(9-12)25-11-24-13/h4-9H,3,10-11H2,1-2H3. The summed E-state index contributed by atoms with van der Waals surface area (Å²) in [6.07, 6.45) is 0.212. The number of hydrogen-bond acceptors (Lipinski definition) is 5. The third-order valence-electron chi connectivity index (χ3n) is 4.10. The maximum absolute atomic E-state index is 12.4. The summed E-state index contributed by atoms with van der Waals surface area (Å²) in [7, 11) is 1.90. The van der Waals surface area contributed by atoms with Crippen LogP contribution in [0.3, 0.4) is 0 Å². The lowest BCUT2D eigenvalue weighted by atomic mass is 10.1. The number of rotatable bonds is 4. The fraction of sp³-hybridized carbons (Fsp3) is 0.263. The van der Waals surface area contributed by atoms with Gasteiger partial charge >= 0.3 is 0 Å². The normalized spacial score (nSPS) is 13.4. The van der Waals surface area contributed by atoms with Crippen LogP contribution in [-0.4, -0.2) is 23.9 Å². The van der Waals surface area contributed by atoms with Crippen molar-refractivity contribution in [3.8, 4) is 17.2 Å². The molecule has 7 heteroatoms. The summed E-state index contributed by atoms with van der Waals surface area (Å²) in [4.78, 5) is 17.4. The predicted octanol–water partition coefficient (Wildman–Crippen LogP) is 3.04. The number of amides is 1. The third kappa shape index (κ3) is 3.06. The summed E-state index contributed by atoms with van der Waals surface area (Å²) in [5.41, 5.74) is 1.80. The average Bonchev–Trinajstić information content (AvgIpc) is 3.20. The van der Waals surface area contributed by atoms with Crippen molar-refractivity contribution in [1.29, 1.82) is 0 Å². The van der Waals surface area contributed by atoms with Gasteiger partial charge in [0.1, 0.15) is 11.3 Å². The monoisotopic (exact) mass is 370 g/mol. The average molecular weight is 370 g/mol. The van der Waals surface area contributed by atoms with Crippen LogP contribution in [-0.2, 0) is 18.3 Å². The van der Waals surface area contributed by atoms with E-state index in [9.17, 15) is 4.79 Å². The van der Waals surface area contributed by atoms with Gasteiger partial charge in [-0.3, -0.25) is 4.79 Å². The third-order valence-corrected chi connectivity index (χ3v) is 5.20. The van der Waals surface area contributed by atoms with Gasteiger partial charge in [-0.25, -0.2) is 0 Å². The van der Waals surface area contributed by atoms with E-state index >= 15 is 0 Å². The number of para-hydroxylation sites is 1. The first kappa shape index (κ1) is 16.7. The number of fused-ring (bicyclic) bond motifs is 2. The molecule has 0 saturated heterocycles. The zero-order chi connectivity index (χ0) is 18.1. The van der Waals surface area contributed by atoms with Crippen molar-refractivity contribution < 1.29 is 19.0 Å². The van der Waals surface area contributed by atoms with E-state index in [-0.39, 0.29) is 19.1 Å². The van der Waals surface area contributed by atoms with Gasteiger partial charge in [-0.05, 0) is 36.8 Å². The Morgan fingerprint density at radius 1 is 1.27 bits per heavy atom. The molecule has 3 aromatic rings. The molecule has 0 saturated carbocycles. The molecule has 4 rings (SSSR count). The summed E-state index contributed by atoms with van der Waals surface area (Å²) < 4.78 is 19.3. The highest BCUT2D eigenvalue weighted by Crippen LogP contribution is 2.32. The zero-order valence-corrected chi connectivity index (χ0v) is 15.3. The molecular weight excluding hydrogens is 352 g/mol. The van der Waals surface area contributed by atoms with Gasteiger partial charge in [0.25, 0.3) is 5.91 Å². The minimum atomic E-state index is -0.205. The molecule has 0 N–H and O–H groups in total. The summed E-state index contributed by atoms with van der Waals surface area (Å²) in [5.74, 6) is 1.97. The first-order valence-electron chi connectivity index (χ1n) is 8.33. The lowest BCUT2D eigenvalue weighted by Gasteiger charge is -2.05. The molecule has 0 spiro atoms. The van der Waals surface area contributed by atoms with Gasteiger partial charge in [0.05, 0.1) is 17.7 Å². The molecule has 0 bridgehead atoms. The highest BCUT2D eigenvalue weighted by Gasteiger charge is 2.15. The lowest BCUT2D eigenvalue weighted by molar-refractivity contribution is -0.117. The largest absolute Gasteiger partial charge is 0.492 e. The van der Waals surface area contributed by atoms with Crippen LogP contribution in [0.1, 0.15) is 12.5 Å². The number of carbonyl (C=O) groups excluding carboxylic acids is 1. The van der Waals surface area contributed by atoms with Crippen molar-refractivity contribution in [2.75, 3.05) is 13.4 Å². The van der Waals surface area contributed by atoms with E-state index in [1.54, 1.807) is 0 Å². The molecule has 0 aliphatic carbocycles. The van der Waals surface area contributed by atoms with Crippen LogP contribution in [0.5, 0.6) is 17.2 Å². The minimum absolute atomic E-state index is 0.205. The van der Waals surface area contributed by atoms with E-state index in [0.717, 1.165) is 21.5 Å². The number of aryl methyl sites for hydroxylation is 1. The molecule has 1 aliphatic heterocycles. The topological polar surface area (TPSA) is 62.1 Å². The molecule has 0 fully saturated rings.